The second kappa shape index (κ2) is 6.30. The van der Waals surface area contributed by atoms with Crippen molar-refractivity contribution in [2.24, 2.45) is 11.7 Å². The Morgan fingerprint density at radius 1 is 1.50 bits per heavy atom. The lowest BCUT2D eigenvalue weighted by atomic mass is 9.84. The summed E-state index contributed by atoms with van der Waals surface area (Å²) in [5.74, 6) is 0.878. The van der Waals surface area contributed by atoms with Crippen LogP contribution in [0.25, 0.3) is 0 Å². The molecule has 1 aromatic rings. The molecule has 0 saturated heterocycles. The molecule has 0 aromatic carbocycles. The highest BCUT2D eigenvalue weighted by molar-refractivity contribution is 5.16. The van der Waals surface area contributed by atoms with Crippen LogP contribution in [0, 0.1) is 5.92 Å². The standard InChI is InChI=1S/C15H25N3/c1-3-18(11-13-6-4-7-13)15(12(2)16)14-8-5-9-17-10-14/h5,8-10,12-13,15H,3-4,6-7,11,16H2,1-2H3. The molecule has 0 spiro atoms. The Bertz CT molecular complexity index is 346. The van der Waals surface area contributed by atoms with Crippen molar-refractivity contribution in [3.8, 4) is 0 Å². The van der Waals surface area contributed by atoms with Gasteiger partial charge in [-0.05, 0) is 43.9 Å². The van der Waals surface area contributed by atoms with E-state index in [0.717, 1.165) is 12.5 Å². The summed E-state index contributed by atoms with van der Waals surface area (Å²) in [6, 6.07) is 4.57. The first kappa shape index (κ1) is 13.5. The summed E-state index contributed by atoms with van der Waals surface area (Å²) in [5, 5.41) is 0. The maximum Gasteiger partial charge on any atom is 0.0511 e. The van der Waals surface area contributed by atoms with E-state index in [2.05, 4.69) is 29.8 Å². The maximum atomic E-state index is 6.21. The van der Waals surface area contributed by atoms with Gasteiger partial charge in [0.05, 0.1) is 6.04 Å². The monoisotopic (exact) mass is 247 g/mol. The van der Waals surface area contributed by atoms with Crippen molar-refractivity contribution in [2.75, 3.05) is 13.1 Å². The third-order valence-electron chi connectivity index (χ3n) is 4.04. The quantitative estimate of drug-likeness (QED) is 0.840. The zero-order valence-electron chi connectivity index (χ0n) is 11.5. The number of rotatable bonds is 6. The minimum Gasteiger partial charge on any atom is -0.326 e. The fourth-order valence-electron chi connectivity index (χ4n) is 2.84. The summed E-state index contributed by atoms with van der Waals surface area (Å²) in [4.78, 5) is 6.76. The number of hydrogen-bond donors (Lipinski definition) is 1. The van der Waals surface area contributed by atoms with Gasteiger partial charge in [-0.2, -0.15) is 0 Å². The molecule has 0 amide bonds. The fraction of sp³-hybridized carbons (Fsp3) is 0.667. The molecule has 1 fully saturated rings. The topological polar surface area (TPSA) is 42.2 Å². The van der Waals surface area contributed by atoms with Crippen LogP contribution in [0.4, 0.5) is 0 Å². The average molecular weight is 247 g/mol. The second-order valence-corrected chi connectivity index (χ2v) is 5.47. The Morgan fingerprint density at radius 2 is 2.28 bits per heavy atom. The van der Waals surface area contributed by atoms with Gasteiger partial charge in [0.2, 0.25) is 0 Å². The van der Waals surface area contributed by atoms with E-state index in [1.165, 1.54) is 31.4 Å². The highest BCUT2D eigenvalue weighted by Crippen LogP contribution is 2.31. The van der Waals surface area contributed by atoms with Gasteiger partial charge in [0.15, 0.2) is 0 Å². The SMILES string of the molecule is CCN(CC1CCC1)C(c1cccnc1)C(C)N. The van der Waals surface area contributed by atoms with Crippen LogP contribution in [0.15, 0.2) is 24.5 Å². The number of aromatic nitrogens is 1. The molecule has 2 N–H and O–H groups in total. The van der Waals surface area contributed by atoms with Crippen LogP contribution < -0.4 is 5.73 Å². The molecule has 3 heteroatoms. The molecule has 18 heavy (non-hydrogen) atoms. The molecule has 3 nitrogen and oxygen atoms in total. The fourth-order valence-corrected chi connectivity index (χ4v) is 2.84. The molecule has 1 aromatic heterocycles. The van der Waals surface area contributed by atoms with E-state index in [1.807, 2.05) is 18.5 Å². The first-order valence-electron chi connectivity index (χ1n) is 7.12. The summed E-state index contributed by atoms with van der Waals surface area (Å²) in [7, 11) is 0. The van der Waals surface area contributed by atoms with Crippen LogP contribution in [0.5, 0.6) is 0 Å². The van der Waals surface area contributed by atoms with E-state index >= 15 is 0 Å². The van der Waals surface area contributed by atoms with Crippen LogP contribution in [0.1, 0.15) is 44.7 Å². The Morgan fingerprint density at radius 3 is 2.72 bits per heavy atom. The highest BCUT2D eigenvalue weighted by Gasteiger charge is 2.27. The van der Waals surface area contributed by atoms with Gasteiger partial charge in [-0.25, -0.2) is 0 Å². The molecule has 1 aliphatic rings. The zero-order valence-corrected chi connectivity index (χ0v) is 11.5. The summed E-state index contributed by atoms with van der Waals surface area (Å²) in [6.07, 6.45) is 7.95. The van der Waals surface area contributed by atoms with E-state index in [1.54, 1.807) is 0 Å². The molecule has 2 rings (SSSR count). The van der Waals surface area contributed by atoms with Gasteiger partial charge < -0.3 is 5.73 Å². The third-order valence-corrected chi connectivity index (χ3v) is 4.04. The lowest BCUT2D eigenvalue weighted by Crippen LogP contribution is -2.42. The van der Waals surface area contributed by atoms with Crippen LogP contribution in [0.2, 0.25) is 0 Å². The van der Waals surface area contributed by atoms with Crippen LogP contribution >= 0.6 is 0 Å². The summed E-state index contributed by atoms with van der Waals surface area (Å²) in [6.45, 7) is 6.56. The van der Waals surface area contributed by atoms with Crippen molar-refractivity contribution in [2.45, 2.75) is 45.2 Å². The smallest absolute Gasteiger partial charge is 0.0511 e. The molecule has 2 unspecified atom stereocenters. The van der Waals surface area contributed by atoms with Crippen molar-refractivity contribution in [3.63, 3.8) is 0 Å². The van der Waals surface area contributed by atoms with E-state index in [9.17, 15) is 0 Å². The highest BCUT2D eigenvalue weighted by atomic mass is 15.2. The molecule has 1 heterocycles. The molecule has 1 saturated carbocycles. The van der Waals surface area contributed by atoms with Crippen molar-refractivity contribution < 1.29 is 0 Å². The van der Waals surface area contributed by atoms with E-state index < -0.39 is 0 Å². The number of nitrogens with zero attached hydrogens (tertiary/aromatic N) is 2. The van der Waals surface area contributed by atoms with Gasteiger partial charge in [-0.15, -0.1) is 0 Å². The normalized spacial score (nSPS) is 19.6. The second-order valence-electron chi connectivity index (χ2n) is 5.47. The van der Waals surface area contributed by atoms with E-state index in [-0.39, 0.29) is 6.04 Å². The van der Waals surface area contributed by atoms with Gasteiger partial charge >= 0.3 is 0 Å². The first-order chi connectivity index (χ1) is 8.72. The predicted octanol–water partition coefficient (Wildman–Crippen LogP) is 2.59. The third kappa shape index (κ3) is 3.09. The molecular weight excluding hydrogens is 222 g/mol. The molecule has 0 bridgehead atoms. The van der Waals surface area contributed by atoms with E-state index in [4.69, 9.17) is 5.73 Å². The Kier molecular flexibility index (Phi) is 4.72. The van der Waals surface area contributed by atoms with E-state index in [0.29, 0.717) is 6.04 Å². The van der Waals surface area contributed by atoms with Crippen LogP contribution in [-0.4, -0.2) is 29.0 Å². The first-order valence-corrected chi connectivity index (χ1v) is 7.12. The van der Waals surface area contributed by atoms with Gasteiger partial charge in [-0.1, -0.05) is 19.4 Å². The maximum absolute atomic E-state index is 6.21. The van der Waals surface area contributed by atoms with Gasteiger partial charge in [0.1, 0.15) is 0 Å². The van der Waals surface area contributed by atoms with Gasteiger partial charge in [-0.3, -0.25) is 9.88 Å². The average Bonchev–Trinajstić information content (AvgIpc) is 2.32. The molecule has 0 radical (unpaired) electrons. The minimum absolute atomic E-state index is 0.134. The Labute approximate surface area is 110 Å². The Balaban J connectivity index is 2.11. The summed E-state index contributed by atoms with van der Waals surface area (Å²) < 4.78 is 0. The largest absolute Gasteiger partial charge is 0.326 e. The van der Waals surface area contributed by atoms with Crippen molar-refractivity contribution >= 4 is 0 Å². The number of pyridine rings is 1. The lowest BCUT2D eigenvalue weighted by Gasteiger charge is -2.38. The van der Waals surface area contributed by atoms with Crippen LogP contribution in [0.3, 0.4) is 0 Å². The minimum atomic E-state index is 0.134. The number of likely N-dealkylation sites (N-methyl/N-ethyl adjacent to an activating group) is 1. The van der Waals surface area contributed by atoms with Crippen LogP contribution in [-0.2, 0) is 0 Å². The predicted molar refractivity (Wildman–Crippen MR) is 75.2 cm³/mol. The number of nitrogens with two attached hydrogens (primary N) is 1. The van der Waals surface area contributed by atoms with Crippen molar-refractivity contribution in [1.82, 2.24) is 9.88 Å². The molecule has 1 aliphatic carbocycles. The Hall–Kier alpha value is -0.930. The van der Waals surface area contributed by atoms with Crippen molar-refractivity contribution in [3.05, 3.63) is 30.1 Å². The molecule has 100 valence electrons. The molecular formula is C15H25N3. The summed E-state index contributed by atoms with van der Waals surface area (Å²) in [5.41, 5.74) is 7.46. The van der Waals surface area contributed by atoms with Gasteiger partial charge in [0, 0.05) is 25.0 Å². The lowest BCUT2D eigenvalue weighted by molar-refractivity contribution is 0.125. The molecule has 2 atom stereocenters. The van der Waals surface area contributed by atoms with Gasteiger partial charge in [0.25, 0.3) is 0 Å². The van der Waals surface area contributed by atoms with Crippen molar-refractivity contribution in [1.29, 1.82) is 0 Å². The summed E-state index contributed by atoms with van der Waals surface area (Å²) >= 11 is 0. The number of hydrogen-bond acceptors (Lipinski definition) is 3. The zero-order chi connectivity index (χ0) is 13.0. The molecule has 0 aliphatic heterocycles.